The van der Waals surface area contributed by atoms with E-state index < -0.39 is 0 Å². The van der Waals surface area contributed by atoms with E-state index in [2.05, 4.69) is 9.98 Å². The van der Waals surface area contributed by atoms with Gasteiger partial charge in [-0.05, 0) is 12.1 Å². The molecule has 1 aromatic carbocycles. The predicted molar refractivity (Wildman–Crippen MR) is 77.3 cm³/mol. The van der Waals surface area contributed by atoms with E-state index in [0.717, 1.165) is 6.34 Å². The van der Waals surface area contributed by atoms with Crippen LogP contribution in [-0.4, -0.2) is 25.1 Å². The van der Waals surface area contributed by atoms with Gasteiger partial charge in [0.2, 0.25) is 0 Å². The average Bonchev–Trinajstić information content (AvgIpc) is 2.45. The summed E-state index contributed by atoms with van der Waals surface area (Å²) >= 11 is 0. The number of carbonyl (C=O) groups is 1. The number of hydrogen-bond donors (Lipinski definition) is 1. The molecule has 1 rings (SSSR count). The van der Waals surface area contributed by atoms with Crippen LogP contribution in [0.4, 0.5) is 5.69 Å². The third kappa shape index (κ3) is 3.92. The number of nitrogens with zero attached hydrogens (tertiary/aromatic N) is 3. The number of nitrogens with two attached hydrogens (primary N) is 1. The molecule has 104 valence electrons. The number of carbonyl (C=O) groups excluding carboxylic acids is 1. The van der Waals surface area contributed by atoms with Crippen LogP contribution >= 0.6 is 0 Å². The molecule has 0 aliphatic carbocycles. The average molecular weight is 272 g/mol. The second kappa shape index (κ2) is 7.04. The number of hydrogen-bond acceptors (Lipinski definition) is 4. The molecule has 0 saturated carbocycles. The summed E-state index contributed by atoms with van der Waals surface area (Å²) in [5.74, 6) is -0.00208. The van der Waals surface area contributed by atoms with Crippen molar-refractivity contribution in [2.45, 2.75) is 13.8 Å². The van der Waals surface area contributed by atoms with Crippen LogP contribution < -0.4 is 10.5 Å². The highest BCUT2D eigenvalue weighted by molar-refractivity contribution is 6.39. The van der Waals surface area contributed by atoms with Crippen LogP contribution in [0.5, 0.6) is 5.75 Å². The summed E-state index contributed by atoms with van der Waals surface area (Å²) in [6, 6.07) is 6.87. The molecule has 0 atom stereocenters. The first-order valence-electron chi connectivity index (χ1n) is 5.97. The Morgan fingerprint density at radius 3 is 2.75 bits per heavy atom. The molecule has 0 aromatic heterocycles. The van der Waals surface area contributed by atoms with Gasteiger partial charge in [0.05, 0.1) is 18.4 Å². The number of methoxy groups -OCH3 is 1. The number of rotatable bonds is 5. The Labute approximate surface area is 117 Å². The molecule has 0 heterocycles. The van der Waals surface area contributed by atoms with Crippen molar-refractivity contribution in [2.75, 3.05) is 7.11 Å². The fraction of sp³-hybridized carbons (Fsp3) is 0.286. The van der Waals surface area contributed by atoms with E-state index in [0.29, 0.717) is 17.0 Å². The molecule has 2 N–H and O–H groups in total. The van der Waals surface area contributed by atoms with Gasteiger partial charge in [0, 0.05) is 12.0 Å². The highest BCUT2D eigenvalue weighted by Gasteiger charge is 2.10. The quantitative estimate of drug-likeness (QED) is 0.652. The number of ketones is 1. The van der Waals surface area contributed by atoms with E-state index in [4.69, 9.17) is 15.7 Å². The zero-order valence-corrected chi connectivity index (χ0v) is 11.6. The van der Waals surface area contributed by atoms with Gasteiger partial charge in [-0.15, -0.1) is 0 Å². The van der Waals surface area contributed by atoms with Crippen LogP contribution in [0.1, 0.15) is 19.4 Å². The summed E-state index contributed by atoms with van der Waals surface area (Å²) in [4.78, 5) is 19.3. The molecule has 0 fully saturated rings. The van der Waals surface area contributed by atoms with Gasteiger partial charge in [0.25, 0.3) is 0 Å². The summed E-state index contributed by atoms with van der Waals surface area (Å²) < 4.78 is 5.05. The van der Waals surface area contributed by atoms with Crippen LogP contribution in [0.15, 0.2) is 28.2 Å². The number of Topliss-reactive ketones (excluding diaryl/α,β-unsaturated/α-hetero) is 1. The number of amidine groups is 1. The van der Waals surface area contributed by atoms with E-state index in [1.54, 1.807) is 32.0 Å². The van der Waals surface area contributed by atoms with E-state index in [-0.39, 0.29) is 17.5 Å². The van der Waals surface area contributed by atoms with Crippen molar-refractivity contribution in [3.63, 3.8) is 0 Å². The molecule has 0 saturated heterocycles. The highest BCUT2D eigenvalue weighted by Crippen LogP contribution is 2.24. The number of benzene rings is 1. The molecule has 0 radical (unpaired) electrons. The Kier molecular flexibility index (Phi) is 5.42. The Morgan fingerprint density at radius 2 is 2.20 bits per heavy atom. The summed E-state index contributed by atoms with van der Waals surface area (Å²) in [6.07, 6.45) is 1.16. The Morgan fingerprint density at radius 1 is 1.50 bits per heavy atom. The molecular formula is C14H16N4O2. The van der Waals surface area contributed by atoms with Gasteiger partial charge in [-0.2, -0.15) is 5.26 Å². The van der Waals surface area contributed by atoms with Crippen molar-refractivity contribution in [3.8, 4) is 11.8 Å². The van der Waals surface area contributed by atoms with Gasteiger partial charge in [-0.25, -0.2) is 9.98 Å². The van der Waals surface area contributed by atoms with Gasteiger partial charge >= 0.3 is 0 Å². The molecule has 0 bridgehead atoms. The molecular weight excluding hydrogens is 256 g/mol. The third-order valence-electron chi connectivity index (χ3n) is 2.50. The second-order valence-corrected chi connectivity index (χ2v) is 4.27. The summed E-state index contributed by atoms with van der Waals surface area (Å²) in [5, 5.41) is 8.97. The van der Waals surface area contributed by atoms with Gasteiger partial charge in [-0.1, -0.05) is 13.8 Å². The zero-order chi connectivity index (χ0) is 15.1. The van der Waals surface area contributed by atoms with E-state index in [1.807, 2.05) is 6.07 Å². The lowest BCUT2D eigenvalue weighted by molar-refractivity contribution is -0.115. The van der Waals surface area contributed by atoms with E-state index >= 15 is 0 Å². The minimum atomic E-state index is -0.248. The topological polar surface area (TPSA) is 101 Å². The van der Waals surface area contributed by atoms with Crippen molar-refractivity contribution in [3.05, 3.63) is 23.8 Å². The standard InChI is InChI=1S/C14H16N4O2/c1-9(2)13(19)14(16)18-8-17-12-6-11(20-3)5-4-10(12)7-15/h4-6,8-9H,1-3H3,(H2,16,17,18). The monoisotopic (exact) mass is 272 g/mol. The molecule has 1 aromatic rings. The van der Waals surface area contributed by atoms with Crippen LogP contribution in [0.3, 0.4) is 0 Å². The summed E-state index contributed by atoms with van der Waals surface area (Å²) in [5.41, 5.74) is 6.31. The zero-order valence-electron chi connectivity index (χ0n) is 11.6. The van der Waals surface area contributed by atoms with Crippen LogP contribution in [0.2, 0.25) is 0 Å². The lowest BCUT2D eigenvalue weighted by atomic mass is 10.1. The molecule has 0 amide bonds. The first-order chi connectivity index (χ1) is 9.49. The first kappa shape index (κ1) is 15.4. The SMILES string of the molecule is COc1ccc(C#N)c(N=CN=C(N)C(=O)C(C)C)c1. The number of aliphatic imine (C=N–C) groups is 2. The predicted octanol–water partition coefficient (Wildman–Crippen LogP) is 1.81. The lowest BCUT2D eigenvalue weighted by Crippen LogP contribution is -2.27. The maximum Gasteiger partial charge on any atom is 0.200 e. The number of nitriles is 1. The van der Waals surface area contributed by atoms with Gasteiger partial charge < -0.3 is 10.5 Å². The summed E-state index contributed by atoms with van der Waals surface area (Å²) in [7, 11) is 1.52. The molecule has 6 heteroatoms. The highest BCUT2D eigenvalue weighted by atomic mass is 16.5. The van der Waals surface area contributed by atoms with Crippen molar-refractivity contribution >= 4 is 23.6 Å². The number of ether oxygens (including phenoxy) is 1. The first-order valence-corrected chi connectivity index (χ1v) is 5.97. The van der Waals surface area contributed by atoms with E-state index in [1.165, 1.54) is 7.11 Å². The van der Waals surface area contributed by atoms with Crippen LogP contribution in [0.25, 0.3) is 0 Å². The largest absolute Gasteiger partial charge is 0.497 e. The van der Waals surface area contributed by atoms with Crippen molar-refractivity contribution < 1.29 is 9.53 Å². The molecule has 0 aliphatic rings. The summed E-state index contributed by atoms with van der Waals surface area (Å²) in [6.45, 7) is 3.47. The minimum Gasteiger partial charge on any atom is -0.497 e. The van der Waals surface area contributed by atoms with Crippen molar-refractivity contribution in [2.24, 2.45) is 21.6 Å². The lowest BCUT2D eigenvalue weighted by Gasteiger charge is -2.02. The fourth-order valence-electron chi connectivity index (χ4n) is 1.35. The van der Waals surface area contributed by atoms with Gasteiger partial charge in [0.15, 0.2) is 11.6 Å². The Bertz CT molecular complexity index is 598. The molecule has 0 unspecified atom stereocenters. The fourth-order valence-corrected chi connectivity index (χ4v) is 1.35. The molecule has 6 nitrogen and oxygen atoms in total. The molecule has 0 spiro atoms. The van der Waals surface area contributed by atoms with Crippen LogP contribution in [0, 0.1) is 17.2 Å². The Balaban J connectivity index is 2.98. The smallest absolute Gasteiger partial charge is 0.200 e. The van der Waals surface area contributed by atoms with E-state index in [9.17, 15) is 4.79 Å². The van der Waals surface area contributed by atoms with Crippen molar-refractivity contribution in [1.29, 1.82) is 5.26 Å². The second-order valence-electron chi connectivity index (χ2n) is 4.27. The maximum absolute atomic E-state index is 11.5. The third-order valence-corrected chi connectivity index (χ3v) is 2.50. The minimum absolute atomic E-state index is 0.106. The normalized spacial score (nSPS) is 11.7. The van der Waals surface area contributed by atoms with Gasteiger partial charge in [-0.3, -0.25) is 4.79 Å². The maximum atomic E-state index is 11.5. The van der Waals surface area contributed by atoms with Crippen molar-refractivity contribution in [1.82, 2.24) is 0 Å². The Hall–Kier alpha value is -2.68. The molecule has 0 aliphatic heterocycles. The van der Waals surface area contributed by atoms with Crippen LogP contribution in [-0.2, 0) is 4.79 Å². The molecule has 20 heavy (non-hydrogen) atoms. The van der Waals surface area contributed by atoms with Gasteiger partial charge in [0.1, 0.15) is 18.2 Å².